The largest absolute Gasteiger partial charge is 0.329 e. The zero-order valence-electron chi connectivity index (χ0n) is 8.99. The van der Waals surface area contributed by atoms with Gasteiger partial charge in [0.15, 0.2) is 0 Å². The zero-order chi connectivity index (χ0) is 10.8. The highest BCUT2D eigenvalue weighted by atomic mass is 19.1. The predicted molar refractivity (Wildman–Crippen MR) is 59.2 cm³/mol. The molecule has 1 saturated heterocycles. The molecule has 0 saturated carbocycles. The fourth-order valence-electron chi connectivity index (χ4n) is 2.36. The first-order chi connectivity index (χ1) is 7.20. The van der Waals surface area contributed by atoms with Gasteiger partial charge in [-0.3, -0.25) is 0 Å². The fraction of sp³-hybridized carbons (Fsp3) is 0.500. The summed E-state index contributed by atoms with van der Waals surface area (Å²) in [5, 5.41) is 0. The summed E-state index contributed by atoms with van der Waals surface area (Å²) >= 11 is 0. The zero-order valence-corrected chi connectivity index (χ0v) is 8.99. The van der Waals surface area contributed by atoms with Crippen molar-refractivity contribution in [2.75, 3.05) is 20.1 Å². The van der Waals surface area contributed by atoms with Gasteiger partial charge in [0.05, 0.1) is 0 Å². The molecule has 2 nitrogen and oxygen atoms in total. The van der Waals surface area contributed by atoms with Gasteiger partial charge in [-0.25, -0.2) is 4.39 Å². The second-order valence-electron chi connectivity index (χ2n) is 4.32. The van der Waals surface area contributed by atoms with Gasteiger partial charge in [-0.05, 0) is 37.1 Å². The minimum atomic E-state index is -0.147. The molecule has 3 heteroatoms. The van der Waals surface area contributed by atoms with E-state index in [1.165, 1.54) is 6.07 Å². The number of likely N-dealkylation sites (tertiary alicyclic amines) is 1. The normalized spacial score (nSPS) is 27.1. The summed E-state index contributed by atoms with van der Waals surface area (Å²) in [4.78, 5) is 2.26. The number of halogens is 1. The molecule has 1 aliphatic heterocycles. The van der Waals surface area contributed by atoms with E-state index in [9.17, 15) is 4.39 Å². The van der Waals surface area contributed by atoms with Crippen LogP contribution < -0.4 is 5.73 Å². The lowest BCUT2D eigenvalue weighted by molar-refractivity contribution is 0.316. The molecule has 0 amide bonds. The van der Waals surface area contributed by atoms with Crippen molar-refractivity contribution in [2.24, 2.45) is 5.73 Å². The average molecular weight is 208 g/mol. The number of rotatable bonds is 2. The second-order valence-corrected chi connectivity index (χ2v) is 4.32. The van der Waals surface area contributed by atoms with Crippen molar-refractivity contribution in [3.63, 3.8) is 0 Å². The number of nitrogens with zero attached hydrogens (tertiary/aromatic N) is 1. The summed E-state index contributed by atoms with van der Waals surface area (Å²) in [5.74, 6) is 0.283. The van der Waals surface area contributed by atoms with Crippen LogP contribution in [-0.4, -0.2) is 31.1 Å². The third kappa shape index (κ3) is 2.19. The fourth-order valence-corrected chi connectivity index (χ4v) is 2.36. The van der Waals surface area contributed by atoms with E-state index in [4.69, 9.17) is 5.73 Å². The molecule has 1 aromatic rings. The molecule has 0 aromatic heterocycles. The SMILES string of the molecule is CN1CC(c2cccc(F)c2)CC1CN. The third-order valence-corrected chi connectivity index (χ3v) is 3.28. The topological polar surface area (TPSA) is 29.3 Å². The number of benzene rings is 1. The molecule has 2 unspecified atom stereocenters. The van der Waals surface area contributed by atoms with Crippen LogP contribution >= 0.6 is 0 Å². The monoisotopic (exact) mass is 208 g/mol. The molecule has 1 fully saturated rings. The van der Waals surface area contributed by atoms with Gasteiger partial charge in [-0.2, -0.15) is 0 Å². The van der Waals surface area contributed by atoms with Crippen molar-refractivity contribution in [1.29, 1.82) is 0 Å². The van der Waals surface area contributed by atoms with Gasteiger partial charge in [-0.15, -0.1) is 0 Å². The highest BCUT2D eigenvalue weighted by molar-refractivity contribution is 5.22. The Labute approximate surface area is 89.9 Å². The third-order valence-electron chi connectivity index (χ3n) is 3.28. The number of nitrogens with two attached hydrogens (primary N) is 1. The number of likely N-dealkylation sites (N-methyl/N-ethyl adjacent to an activating group) is 1. The van der Waals surface area contributed by atoms with Crippen molar-refractivity contribution in [3.8, 4) is 0 Å². The average Bonchev–Trinajstić information content (AvgIpc) is 2.60. The summed E-state index contributed by atoms with van der Waals surface area (Å²) in [6, 6.07) is 7.35. The summed E-state index contributed by atoms with van der Waals surface area (Å²) in [5.41, 5.74) is 6.77. The molecular weight excluding hydrogens is 191 g/mol. The second kappa shape index (κ2) is 4.29. The molecule has 2 N–H and O–H groups in total. The summed E-state index contributed by atoms with van der Waals surface area (Å²) in [7, 11) is 2.08. The Morgan fingerprint density at radius 2 is 2.33 bits per heavy atom. The van der Waals surface area contributed by atoms with Gasteiger partial charge in [0.2, 0.25) is 0 Å². The maximum absolute atomic E-state index is 13.1. The predicted octanol–water partition coefficient (Wildman–Crippen LogP) is 1.57. The van der Waals surface area contributed by atoms with Gasteiger partial charge in [-0.1, -0.05) is 12.1 Å². The van der Waals surface area contributed by atoms with E-state index in [0.29, 0.717) is 18.5 Å². The van der Waals surface area contributed by atoms with E-state index >= 15 is 0 Å². The Bertz CT molecular complexity index is 340. The van der Waals surface area contributed by atoms with Gasteiger partial charge in [0, 0.05) is 19.1 Å². The quantitative estimate of drug-likeness (QED) is 0.799. The maximum atomic E-state index is 13.1. The van der Waals surface area contributed by atoms with Crippen LogP contribution in [0.2, 0.25) is 0 Å². The van der Waals surface area contributed by atoms with Crippen LogP contribution in [0.5, 0.6) is 0 Å². The summed E-state index contributed by atoms with van der Waals surface area (Å²) in [6.07, 6.45) is 1.04. The Hall–Kier alpha value is -0.930. The van der Waals surface area contributed by atoms with E-state index in [0.717, 1.165) is 18.5 Å². The molecular formula is C12H17FN2. The Morgan fingerprint density at radius 3 is 2.93 bits per heavy atom. The van der Waals surface area contributed by atoms with Gasteiger partial charge in [0.1, 0.15) is 5.82 Å². The van der Waals surface area contributed by atoms with E-state index in [1.54, 1.807) is 12.1 Å². The molecule has 82 valence electrons. The van der Waals surface area contributed by atoms with Crippen LogP contribution in [0.4, 0.5) is 4.39 Å². The van der Waals surface area contributed by atoms with Crippen molar-refractivity contribution in [1.82, 2.24) is 4.90 Å². The summed E-state index contributed by atoms with van der Waals surface area (Å²) in [6.45, 7) is 1.66. The first-order valence-electron chi connectivity index (χ1n) is 5.36. The van der Waals surface area contributed by atoms with Gasteiger partial charge < -0.3 is 10.6 Å². The van der Waals surface area contributed by atoms with Gasteiger partial charge >= 0.3 is 0 Å². The maximum Gasteiger partial charge on any atom is 0.123 e. The van der Waals surface area contributed by atoms with Crippen molar-refractivity contribution >= 4 is 0 Å². The smallest absolute Gasteiger partial charge is 0.123 e. The molecule has 0 aliphatic carbocycles. The van der Waals surface area contributed by atoms with E-state index < -0.39 is 0 Å². The van der Waals surface area contributed by atoms with Crippen LogP contribution in [0, 0.1) is 5.82 Å². The minimum Gasteiger partial charge on any atom is -0.329 e. The van der Waals surface area contributed by atoms with Crippen molar-refractivity contribution < 1.29 is 4.39 Å². The highest BCUT2D eigenvalue weighted by Crippen LogP contribution is 2.30. The highest BCUT2D eigenvalue weighted by Gasteiger charge is 2.29. The van der Waals surface area contributed by atoms with Crippen LogP contribution in [0.3, 0.4) is 0 Å². The Balaban J connectivity index is 2.13. The molecule has 1 aromatic carbocycles. The lowest BCUT2D eigenvalue weighted by Gasteiger charge is -2.15. The number of hydrogen-bond donors (Lipinski definition) is 1. The molecule has 0 radical (unpaired) electrons. The van der Waals surface area contributed by atoms with Crippen LogP contribution in [0.15, 0.2) is 24.3 Å². The van der Waals surface area contributed by atoms with Crippen molar-refractivity contribution in [2.45, 2.75) is 18.4 Å². The molecule has 1 heterocycles. The standard InChI is InChI=1S/C12H17FN2/c1-15-8-10(6-12(15)7-14)9-3-2-4-11(13)5-9/h2-5,10,12H,6-8,14H2,1H3. The molecule has 2 rings (SSSR count). The minimum absolute atomic E-state index is 0.147. The Kier molecular flexibility index (Phi) is 3.03. The molecule has 1 aliphatic rings. The lowest BCUT2D eigenvalue weighted by atomic mass is 9.96. The molecule has 15 heavy (non-hydrogen) atoms. The first-order valence-corrected chi connectivity index (χ1v) is 5.36. The van der Waals surface area contributed by atoms with Gasteiger partial charge in [0.25, 0.3) is 0 Å². The van der Waals surface area contributed by atoms with E-state index in [1.807, 2.05) is 6.07 Å². The van der Waals surface area contributed by atoms with Crippen LogP contribution in [-0.2, 0) is 0 Å². The van der Waals surface area contributed by atoms with E-state index in [-0.39, 0.29) is 5.82 Å². The lowest BCUT2D eigenvalue weighted by Crippen LogP contribution is -2.31. The van der Waals surface area contributed by atoms with Crippen molar-refractivity contribution in [3.05, 3.63) is 35.6 Å². The molecule has 0 spiro atoms. The first kappa shape index (κ1) is 10.6. The van der Waals surface area contributed by atoms with Crippen LogP contribution in [0.1, 0.15) is 17.9 Å². The summed E-state index contributed by atoms with van der Waals surface area (Å²) < 4.78 is 13.1. The molecule has 0 bridgehead atoms. The van der Waals surface area contributed by atoms with E-state index in [2.05, 4.69) is 11.9 Å². The molecule has 2 atom stereocenters. The number of hydrogen-bond acceptors (Lipinski definition) is 2. The van der Waals surface area contributed by atoms with Crippen LogP contribution in [0.25, 0.3) is 0 Å². The Morgan fingerprint density at radius 1 is 1.53 bits per heavy atom.